The molecule has 1 aromatic carbocycles. The number of carbonyl (C=O) groups excluding carboxylic acids is 4. The van der Waals surface area contributed by atoms with E-state index in [4.69, 9.17) is 16.4 Å². The van der Waals surface area contributed by atoms with Crippen molar-refractivity contribution in [3.05, 3.63) is 47.0 Å². The number of carbonyl (C=O) groups is 4. The minimum atomic E-state index is -1.10. The summed E-state index contributed by atoms with van der Waals surface area (Å²) < 4.78 is 0. The fraction of sp³-hybridized carbons (Fsp3) is 0.263. The van der Waals surface area contributed by atoms with Crippen LogP contribution in [0.5, 0.6) is 0 Å². The van der Waals surface area contributed by atoms with E-state index in [1.807, 2.05) is 0 Å². The summed E-state index contributed by atoms with van der Waals surface area (Å²) in [6.45, 7) is 0.312. The van der Waals surface area contributed by atoms with Gasteiger partial charge in [-0.1, -0.05) is 35.5 Å². The molecule has 0 bridgehead atoms. The number of benzene rings is 1. The lowest BCUT2D eigenvalue weighted by Crippen LogP contribution is -2.63. The Hall–Kier alpha value is -3.51. The van der Waals surface area contributed by atoms with Crippen molar-refractivity contribution in [1.82, 2.24) is 20.9 Å². The van der Waals surface area contributed by atoms with Gasteiger partial charge in [-0.2, -0.15) is 0 Å². The van der Waals surface area contributed by atoms with E-state index in [9.17, 15) is 19.2 Å². The number of anilines is 1. The summed E-state index contributed by atoms with van der Waals surface area (Å²) in [5.41, 5.74) is 0.429. The first-order valence-corrected chi connectivity index (χ1v) is 10.7. The van der Waals surface area contributed by atoms with Gasteiger partial charge >= 0.3 is 0 Å². The van der Waals surface area contributed by atoms with E-state index in [0.717, 1.165) is 11.3 Å². The largest absolute Gasteiger partial charge is 0.398 e. The predicted molar refractivity (Wildman–Crippen MR) is 117 cm³/mol. The summed E-state index contributed by atoms with van der Waals surface area (Å²) in [4.78, 5) is 57.8. The minimum Gasteiger partial charge on any atom is -0.398 e. The Morgan fingerprint density at radius 1 is 1.34 bits per heavy atom. The number of halogens is 1. The molecule has 4 amide bonds. The summed E-state index contributed by atoms with van der Waals surface area (Å²) in [5, 5.41) is 15.7. The van der Waals surface area contributed by atoms with Crippen LogP contribution in [0.3, 0.4) is 0 Å². The number of amides is 4. The summed E-state index contributed by atoms with van der Waals surface area (Å²) in [7, 11) is 1.26. The lowest BCUT2D eigenvalue weighted by Gasteiger charge is -2.29. The molecule has 1 aliphatic rings. The number of hydrogen-bond donors (Lipinski definition) is 4. The molecule has 0 saturated carbocycles. The van der Waals surface area contributed by atoms with Crippen LogP contribution in [-0.4, -0.2) is 59.9 Å². The van der Waals surface area contributed by atoms with Crippen molar-refractivity contribution >= 4 is 57.4 Å². The molecule has 1 fully saturated rings. The van der Waals surface area contributed by atoms with Crippen molar-refractivity contribution in [2.24, 2.45) is 5.16 Å². The molecule has 1 saturated heterocycles. The fourth-order valence-electron chi connectivity index (χ4n) is 2.69. The molecule has 13 heteroatoms. The molecule has 2 atom stereocenters. The predicted octanol–water partition coefficient (Wildman–Crippen LogP) is 0.143. The highest BCUT2D eigenvalue weighted by molar-refractivity contribution is 7.14. The van der Waals surface area contributed by atoms with Crippen molar-refractivity contribution < 1.29 is 24.0 Å². The lowest BCUT2D eigenvalue weighted by molar-refractivity contribution is -0.134. The van der Waals surface area contributed by atoms with Crippen LogP contribution in [-0.2, 0) is 24.0 Å². The first-order chi connectivity index (χ1) is 15.4. The van der Waals surface area contributed by atoms with Gasteiger partial charge in [-0.3, -0.25) is 19.2 Å². The van der Waals surface area contributed by atoms with Gasteiger partial charge in [-0.25, -0.2) is 4.98 Å². The Bertz CT molecular complexity index is 1040. The number of β-lactam (4-membered cyclic amide) rings is 1. The molecule has 1 aromatic heterocycles. The smallest absolute Gasteiger partial charge is 0.276 e. The zero-order valence-electron chi connectivity index (χ0n) is 16.8. The lowest BCUT2D eigenvalue weighted by atomic mass is 10.0. The molecule has 4 N–H and O–H groups in total. The number of nitrogens with zero attached hydrogens (tertiary/aromatic N) is 2. The van der Waals surface area contributed by atoms with Gasteiger partial charge < -0.3 is 26.1 Å². The van der Waals surface area contributed by atoms with Crippen LogP contribution in [0.4, 0.5) is 5.13 Å². The second kappa shape index (κ2) is 10.7. The second-order valence-electron chi connectivity index (χ2n) is 6.47. The van der Waals surface area contributed by atoms with Crippen molar-refractivity contribution in [3.8, 4) is 0 Å². The summed E-state index contributed by atoms with van der Waals surface area (Å²) >= 11 is 6.53. The Labute approximate surface area is 191 Å². The van der Waals surface area contributed by atoms with E-state index in [1.165, 1.54) is 12.5 Å². The van der Waals surface area contributed by atoms with Crippen LogP contribution in [0.1, 0.15) is 17.3 Å². The second-order valence-corrected chi connectivity index (χ2v) is 7.59. The Balaban J connectivity index is 1.81. The van der Waals surface area contributed by atoms with E-state index < -0.39 is 29.8 Å². The average molecular weight is 479 g/mol. The molecule has 2 aromatic rings. The van der Waals surface area contributed by atoms with Gasteiger partial charge in [0, 0.05) is 11.9 Å². The van der Waals surface area contributed by atoms with Crippen LogP contribution in [0, 0.1) is 0 Å². The molecular weight excluding hydrogens is 460 g/mol. The topological polar surface area (TPSA) is 151 Å². The van der Waals surface area contributed by atoms with Crippen LogP contribution < -0.4 is 21.3 Å². The first kappa shape index (κ1) is 23.2. The average Bonchev–Trinajstić information content (AvgIpc) is 3.26. The van der Waals surface area contributed by atoms with Crippen LogP contribution >= 0.6 is 22.9 Å². The van der Waals surface area contributed by atoms with Crippen molar-refractivity contribution in [2.45, 2.75) is 12.1 Å². The minimum absolute atomic E-state index is 0.129. The molecule has 0 radical (unpaired) electrons. The molecule has 32 heavy (non-hydrogen) atoms. The third kappa shape index (κ3) is 5.59. The van der Waals surface area contributed by atoms with Crippen molar-refractivity contribution in [3.63, 3.8) is 0 Å². The van der Waals surface area contributed by atoms with Gasteiger partial charge in [0.15, 0.2) is 10.8 Å². The molecule has 2 unspecified atom stereocenters. The van der Waals surface area contributed by atoms with E-state index in [-0.39, 0.29) is 28.3 Å². The number of rotatable bonds is 9. The third-order valence-electron chi connectivity index (χ3n) is 4.30. The van der Waals surface area contributed by atoms with Gasteiger partial charge in [-0.05, 0) is 5.56 Å². The number of nitrogens with one attached hydrogen (secondary N) is 4. The first-order valence-electron chi connectivity index (χ1n) is 9.29. The van der Waals surface area contributed by atoms with E-state index in [2.05, 4.69) is 31.4 Å². The summed E-state index contributed by atoms with van der Waals surface area (Å²) in [6.07, 6.45) is 0. The van der Waals surface area contributed by atoms with Crippen LogP contribution in [0.15, 0.2) is 40.9 Å². The Morgan fingerprint density at radius 2 is 2.09 bits per heavy atom. The maximum absolute atomic E-state index is 13.0. The molecule has 168 valence electrons. The van der Waals surface area contributed by atoms with Gasteiger partial charge in [-0.15, -0.1) is 22.9 Å². The summed E-state index contributed by atoms with van der Waals surface area (Å²) in [5.74, 6) is -2.31. The SMILES string of the molecule is CON=C(C(=O)NC(C(=O)NC1CNC1=O)c1ccccc1)c1csc(NC(=O)CCl)n1. The number of alkyl halides is 1. The van der Waals surface area contributed by atoms with Gasteiger partial charge in [0.25, 0.3) is 5.91 Å². The highest BCUT2D eigenvalue weighted by atomic mass is 35.5. The zero-order chi connectivity index (χ0) is 23.1. The van der Waals surface area contributed by atoms with Crippen LogP contribution in [0.2, 0.25) is 0 Å². The number of aromatic nitrogens is 1. The zero-order valence-corrected chi connectivity index (χ0v) is 18.3. The monoisotopic (exact) mass is 478 g/mol. The molecule has 0 aliphatic carbocycles. The third-order valence-corrected chi connectivity index (χ3v) is 5.30. The molecule has 0 spiro atoms. The number of hydrogen-bond acceptors (Lipinski definition) is 8. The quantitative estimate of drug-likeness (QED) is 0.174. The van der Waals surface area contributed by atoms with E-state index in [1.54, 1.807) is 30.3 Å². The van der Waals surface area contributed by atoms with Gasteiger partial charge in [0.05, 0.1) is 0 Å². The van der Waals surface area contributed by atoms with Crippen molar-refractivity contribution in [2.75, 3.05) is 24.9 Å². The van der Waals surface area contributed by atoms with Crippen molar-refractivity contribution in [1.29, 1.82) is 0 Å². The number of thiazole rings is 1. The molecule has 11 nitrogen and oxygen atoms in total. The molecule has 3 rings (SSSR count). The van der Waals surface area contributed by atoms with Gasteiger partial charge in [0.2, 0.25) is 17.7 Å². The molecule has 1 aliphatic heterocycles. The summed E-state index contributed by atoms with van der Waals surface area (Å²) in [6, 6.07) is 6.77. The normalized spacial score (nSPS) is 16.2. The standard InChI is InChI=1S/C19H19ClN6O5S/c1-31-26-15(12-9-32-19(23-12)24-13(27)7-20)18(30)25-14(10-5-3-2-4-6-10)17(29)22-11-8-21-16(11)28/h2-6,9,11,14H,7-8H2,1H3,(H,21,28)(H,22,29)(H,25,30)(H,23,24,27). The molecular formula is C19H19ClN6O5S. The van der Waals surface area contributed by atoms with E-state index in [0.29, 0.717) is 12.1 Å². The highest BCUT2D eigenvalue weighted by Gasteiger charge is 2.33. The maximum atomic E-state index is 13.0. The Kier molecular flexibility index (Phi) is 7.73. The fourth-order valence-corrected chi connectivity index (χ4v) is 3.47. The van der Waals surface area contributed by atoms with Gasteiger partial charge in [0.1, 0.15) is 30.8 Å². The van der Waals surface area contributed by atoms with Crippen LogP contribution in [0.25, 0.3) is 0 Å². The Morgan fingerprint density at radius 3 is 2.69 bits per heavy atom. The molecule has 2 heterocycles. The highest BCUT2D eigenvalue weighted by Crippen LogP contribution is 2.18. The maximum Gasteiger partial charge on any atom is 0.276 e. The number of oxime groups is 1. The van der Waals surface area contributed by atoms with E-state index >= 15 is 0 Å².